The van der Waals surface area contributed by atoms with Crippen molar-refractivity contribution in [1.82, 2.24) is 14.5 Å². The second kappa shape index (κ2) is 6.97. The van der Waals surface area contributed by atoms with Crippen LogP contribution in [0.15, 0.2) is 45.8 Å². The van der Waals surface area contributed by atoms with Gasteiger partial charge in [0.1, 0.15) is 34.1 Å². The van der Waals surface area contributed by atoms with Crippen LogP contribution in [0.25, 0.3) is 21.7 Å². The van der Waals surface area contributed by atoms with Gasteiger partial charge in [-0.15, -0.1) is 11.3 Å². The van der Waals surface area contributed by atoms with Crippen molar-refractivity contribution in [3.05, 3.63) is 68.9 Å². The number of benzene rings is 1. The molecule has 4 aromatic rings. The summed E-state index contributed by atoms with van der Waals surface area (Å²) in [4.78, 5) is 35.3. The molecule has 0 radical (unpaired) electrons. The van der Waals surface area contributed by atoms with Crippen LogP contribution in [0, 0.1) is 6.92 Å². The molecule has 1 aliphatic heterocycles. The largest absolute Gasteiger partial charge is 0.455 e. The van der Waals surface area contributed by atoms with Gasteiger partial charge in [0.15, 0.2) is 0 Å². The molecule has 3 aromatic heterocycles. The van der Waals surface area contributed by atoms with E-state index in [1.165, 1.54) is 17.6 Å². The zero-order chi connectivity index (χ0) is 20.0. The maximum Gasteiger partial charge on any atom is 0.349 e. The molecule has 0 saturated heterocycles. The molecule has 0 atom stereocenters. The van der Waals surface area contributed by atoms with Crippen LogP contribution < -0.4 is 5.56 Å². The highest BCUT2D eigenvalue weighted by Crippen LogP contribution is 2.29. The Bertz CT molecular complexity index is 1290. The summed E-state index contributed by atoms with van der Waals surface area (Å²) in [6, 6.07) is 9.50. The number of thiophene rings is 1. The minimum absolute atomic E-state index is 0.00817. The quantitative estimate of drug-likeness (QED) is 0.479. The first-order valence-electron chi connectivity index (χ1n) is 9.31. The van der Waals surface area contributed by atoms with Gasteiger partial charge in [0.05, 0.1) is 5.39 Å². The molecule has 4 heterocycles. The Hall–Kier alpha value is -3.26. The van der Waals surface area contributed by atoms with Crippen molar-refractivity contribution >= 4 is 27.5 Å². The van der Waals surface area contributed by atoms with Crippen LogP contribution in [0.3, 0.4) is 0 Å². The predicted octanol–water partition coefficient (Wildman–Crippen LogP) is 3.72. The van der Waals surface area contributed by atoms with Crippen molar-refractivity contribution in [3.8, 4) is 11.5 Å². The van der Waals surface area contributed by atoms with E-state index in [-0.39, 0.29) is 12.2 Å². The average molecular weight is 407 g/mol. The summed E-state index contributed by atoms with van der Waals surface area (Å²) in [5.41, 5.74) is 1.93. The van der Waals surface area contributed by atoms with Crippen molar-refractivity contribution in [2.45, 2.75) is 32.9 Å². The molecular formula is C21H17N3O4S. The van der Waals surface area contributed by atoms with Crippen LogP contribution in [0.2, 0.25) is 0 Å². The fourth-order valence-corrected chi connectivity index (χ4v) is 4.65. The molecule has 1 aliphatic rings. The Labute approximate surface area is 169 Å². The minimum Gasteiger partial charge on any atom is -0.455 e. The molecule has 7 nitrogen and oxygen atoms in total. The molecule has 0 spiro atoms. The highest BCUT2D eigenvalue weighted by atomic mass is 32.1. The van der Waals surface area contributed by atoms with Gasteiger partial charge in [-0.3, -0.25) is 9.36 Å². The van der Waals surface area contributed by atoms with Gasteiger partial charge in [-0.25, -0.2) is 14.8 Å². The third kappa shape index (κ3) is 3.05. The number of ether oxygens (including phenoxy) is 1. The van der Waals surface area contributed by atoms with Gasteiger partial charge in [-0.1, -0.05) is 18.2 Å². The summed E-state index contributed by atoms with van der Waals surface area (Å²) >= 11 is 1.21. The fraction of sp³-hybridized carbons (Fsp3) is 0.238. The molecule has 29 heavy (non-hydrogen) atoms. The average Bonchev–Trinajstić information content (AvgIpc) is 3.46. The van der Waals surface area contributed by atoms with Crippen LogP contribution in [0.1, 0.15) is 33.2 Å². The van der Waals surface area contributed by atoms with Crippen LogP contribution in [0.5, 0.6) is 0 Å². The van der Waals surface area contributed by atoms with Crippen molar-refractivity contribution < 1.29 is 13.9 Å². The number of aryl methyl sites for hydroxylation is 2. The number of esters is 1. The SMILES string of the molecule is Cc1c(C(=O)OCc2coc(-c3ccccc3)n2)sc2nc3n(c(=O)c12)CCC3. The van der Waals surface area contributed by atoms with E-state index in [4.69, 9.17) is 9.15 Å². The standard InChI is InChI=1S/C21H17N3O4S/c1-12-16-19(23-15-8-5-9-24(15)20(16)25)29-17(12)21(26)28-11-14-10-27-18(22-14)13-6-3-2-4-7-13/h2-4,6-7,10H,5,8-9,11H2,1H3. The molecule has 1 aromatic carbocycles. The molecule has 0 fully saturated rings. The second-order valence-electron chi connectivity index (χ2n) is 6.91. The van der Waals surface area contributed by atoms with Crippen molar-refractivity contribution in [1.29, 1.82) is 0 Å². The van der Waals surface area contributed by atoms with Gasteiger partial charge >= 0.3 is 5.97 Å². The first kappa shape index (κ1) is 17.8. The summed E-state index contributed by atoms with van der Waals surface area (Å²) in [5, 5.41) is 0.514. The lowest BCUT2D eigenvalue weighted by Gasteiger charge is -2.02. The summed E-state index contributed by atoms with van der Waals surface area (Å²) in [6.07, 6.45) is 3.19. The third-order valence-corrected chi connectivity index (χ3v) is 6.19. The van der Waals surface area contributed by atoms with Gasteiger partial charge in [0, 0.05) is 18.5 Å². The highest BCUT2D eigenvalue weighted by Gasteiger charge is 2.24. The lowest BCUT2D eigenvalue weighted by Crippen LogP contribution is -2.20. The summed E-state index contributed by atoms with van der Waals surface area (Å²) < 4.78 is 12.6. The number of rotatable bonds is 4. The Kier molecular flexibility index (Phi) is 4.28. The van der Waals surface area contributed by atoms with Crippen molar-refractivity contribution in [2.75, 3.05) is 0 Å². The first-order valence-corrected chi connectivity index (χ1v) is 10.1. The van der Waals surface area contributed by atoms with Crippen LogP contribution in [-0.4, -0.2) is 20.5 Å². The molecule has 5 rings (SSSR count). The Morgan fingerprint density at radius 3 is 2.93 bits per heavy atom. The summed E-state index contributed by atoms with van der Waals surface area (Å²) in [5.74, 6) is 0.778. The fourth-order valence-electron chi connectivity index (χ4n) is 3.56. The molecule has 0 N–H and O–H groups in total. The zero-order valence-electron chi connectivity index (χ0n) is 15.7. The number of fused-ring (bicyclic) bond motifs is 2. The van der Waals surface area contributed by atoms with Crippen LogP contribution in [-0.2, 0) is 24.3 Å². The number of hydrogen-bond acceptors (Lipinski definition) is 7. The molecule has 146 valence electrons. The summed E-state index contributed by atoms with van der Waals surface area (Å²) in [6.45, 7) is 2.44. The van der Waals surface area contributed by atoms with E-state index in [0.29, 0.717) is 38.8 Å². The minimum atomic E-state index is -0.487. The van der Waals surface area contributed by atoms with Crippen molar-refractivity contribution in [2.24, 2.45) is 0 Å². The van der Waals surface area contributed by atoms with E-state index in [9.17, 15) is 9.59 Å². The first-order chi connectivity index (χ1) is 14.1. The van der Waals surface area contributed by atoms with E-state index in [1.54, 1.807) is 11.5 Å². The van der Waals surface area contributed by atoms with E-state index in [2.05, 4.69) is 9.97 Å². The maximum absolute atomic E-state index is 12.7. The lowest BCUT2D eigenvalue weighted by molar-refractivity contribution is 0.0473. The number of oxazole rings is 1. The van der Waals surface area contributed by atoms with E-state index < -0.39 is 5.97 Å². The smallest absolute Gasteiger partial charge is 0.349 e. The van der Waals surface area contributed by atoms with Gasteiger partial charge in [0.2, 0.25) is 5.89 Å². The van der Waals surface area contributed by atoms with Crippen molar-refractivity contribution in [3.63, 3.8) is 0 Å². The molecule has 8 heteroatoms. The number of hydrogen-bond donors (Lipinski definition) is 0. The zero-order valence-corrected chi connectivity index (χ0v) is 16.5. The number of carbonyl (C=O) groups is 1. The molecular weight excluding hydrogens is 390 g/mol. The Morgan fingerprint density at radius 2 is 2.10 bits per heavy atom. The predicted molar refractivity (Wildman–Crippen MR) is 108 cm³/mol. The van der Waals surface area contributed by atoms with E-state index in [0.717, 1.165) is 24.2 Å². The van der Waals surface area contributed by atoms with Gasteiger partial charge in [-0.2, -0.15) is 0 Å². The summed E-state index contributed by atoms with van der Waals surface area (Å²) in [7, 11) is 0. The third-order valence-electron chi connectivity index (χ3n) is 5.02. The molecule has 0 amide bonds. The molecule has 0 aliphatic carbocycles. The van der Waals surface area contributed by atoms with Crippen LogP contribution >= 0.6 is 11.3 Å². The highest BCUT2D eigenvalue weighted by molar-refractivity contribution is 7.20. The van der Waals surface area contributed by atoms with Gasteiger partial charge < -0.3 is 9.15 Å². The monoisotopic (exact) mass is 407 g/mol. The Morgan fingerprint density at radius 1 is 1.28 bits per heavy atom. The number of carbonyl (C=O) groups excluding carboxylic acids is 1. The normalized spacial score (nSPS) is 13.0. The van der Waals surface area contributed by atoms with Gasteiger partial charge in [-0.05, 0) is 31.0 Å². The maximum atomic E-state index is 12.7. The van der Waals surface area contributed by atoms with E-state index >= 15 is 0 Å². The van der Waals surface area contributed by atoms with Gasteiger partial charge in [0.25, 0.3) is 5.56 Å². The molecule has 0 bridgehead atoms. The number of nitrogens with zero attached hydrogens (tertiary/aromatic N) is 3. The number of aromatic nitrogens is 3. The van der Waals surface area contributed by atoms with E-state index in [1.807, 2.05) is 30.3 Å². The Balaban J connectivity index is 1.37. The molecule has 0 unspecified atom stereocenters. The van der Waals surface area contributed by atoms with Crippen LogP contribution in [0.4, 0.5) is 0 Å². The molecule has 0 saturated carbocycles. The lowest BCUT2D eigenvalue weighted by atomic mass is 10.2. The topological polar surface area (TPSA) is 87.2 Å². The second-order valence-corrected chi connectivity index (χ2v) is 7.91.